The summed E-state index contributed by atoms with van der Waals surface area (Å²) in [6, 6.07) is 23.6. The van der Waals surface area contributed by atoms with Crippen molar-refractivity contribution >= 4 is 11.7 Å². The van der Waals surface area contributed by atoms with Crippen LogP contribution in [0.4, 0.5) is 5.82 Å². The first-order valence-corrected chi connectivity index (χ1v) is 9.83. The van der Waals surface area contributed by atoms with Crippen LogP contribution in [0, 0.1) is 0 Å². The van der Waals surface area contributed by atoms with E-state index < -0.39 is 0 Å². The number of nitrogens with zero attached hydrogens (tertiary/aromatic N) is 4. The Hall–Kier alpha value is -3.25. The molecule has 0 spiro atoms. The molecule has 1 amide bonds. The fourth-order valence-corrected chi connectivity index (χ4v) is 3.37. The summed E-state index contributed by atoms with van der Waals surface area (Å²) < 4.78 is 5.38. The number of hydrogen-bond acceptors (Lipinski definition) is 5. The van der Waals surface area contributed by atoms with E-state index in [2.05, 4.69) is 15.1 Å². The molecule has 0 N–H and O–H groups in total. The molecule has 0 aliphatic carbocycles. The third-order valence-corrected chi connectivity index (χ3v) is 4.92. The second-order valence-corrected chi connectivity index (χ2v) is 7.01. The topological polar surface area (TPSA) is 58.6 Å². The van der Waals surface area contributed by atoms with Gasteiger partial charge >= 0.3 is 0 Å². The van der Waals surface area contributed by atoms with Crippen molar-refractivity contribution in [3.05, 3.63) is 89.6 Å². The Kier molecular flexibility index (Phi) is 6.12. The number of ether oxygens (including phenoxy) is 1. The molecule has 1 saturated heterocycles. The number of amides is 1. The Balaban J connectivity index is 1.53. The lowest BCUT2D eigenvalue weighted by molar-refractivity contribution is 0.0722. The van der Waals surface area contributed by atoms with Crippen molar-refractivity contribution in [2.75, 3.05) is 31.2 Å². The number of morpholine rings is 1. The molecule has 0 unspecified atom stereocenters. The van der Waals surface area contributed by atoms with Gasteiger partial charge in [0.25, 0.3) is 5.91 Å². The number of carbonyl (C=O) groups excluding carboxylic acids is 1. The number of hydrogen-bond donors (Lipinski definition) is 0. The van der Waals surface area contributed by atoms with Crippen LogP contribution in [0.3, 0.4) is 0 Å². The number of benzene rings is 2. The van der Waals surface area contributed by atoms with E-state index in [-0.39, 0.29) is 5.91 Å². The van der Waals surface area contributed by atoms with Gasteiger partial charge in [-0.1, -0.05) is 60.7 Å². The Bertz CT molecular complexity index is 869. The number of rotatable bonds is 6. The zero-order valence-corrected chi connectivity index (χ0v) is 16.3. The standard InChI is InChI=1S/C23H24N4O2/c28-23(21-11-12-22(25-24-21)26-13-15-29-16-14-26)27(17-19-7-3-1-4-8-19)18-20-9-5-2-6-10-20/h1-12H,13-18H2. The Morgan fingerprint density at radius 3 is 1.93 bits per heavy atom. The molecule has 1 fully saturated rings. The average Bonchev–Trinajstić information content (AvgIpc) is 2.80. The summed E-state index contributed by atoms with van der Waals surface area (Å²) in [6.07, 6.45) is 0. The predicted octanol–water partition coefficient (Wildman–Crippen LogP) is 3.16. The number of carbonyl (C=O) groups is 1. The van der Waals surface area contributed by atoms with Crippen LogP contribution >= 0.6 is 0 Å². The fourth-order valence-electron chi connectivity index (χ4n) is 3.37. The molecule has 6 nitrogen and oxygen atoms in total. The highest BCUT2D eigenvalue weighted by molar-refractivity contribution is 5.92. The first-order chi connectivity index (χ1) is 14.3. The maximum Gasteiger partial charge on any atom is 0.274 e. The molecule has 0 radical (unpaired) electrons. The lowest BCUT2D eigenvalue weighted by Gasteiger charge is -2.27. The molecule has 1 aliphatic heterocycles. The predicted molar refractivity (Wildman–Crippen MR) is 112 cm³/mol. The average molecular weight is 388 g/mol. The molecule has 1 aliphatic rings. The minimum Gasteiger partial charge on any atom is -0.378 e. The lowest BCUT2D eigenvalue weighted by Crippen LogP contribution is -2.37. The van der Waals surface area contributed by atoms with Gasteiger partial charge in [-0.05, 0) is 23.3 Å². The van der Waals surface area contributed by atoms with Crippen LogP contribution < -0.4 is 4.90 Å². The maximum atomic E-state index is 13.2. The van der Waals surface area contributed by atoms with Gasteiger partial charge in [0.1, 0.15) is 0 Å². The van der Waals surface area contributed by atoms with Crippen molar-refractivity contribution in [2.24, 2.45) is 0 Å². The Morgan fingerprint density at radius 1 is 0.828 bits per heavy atom. The molecule has 4 rings (SSSR count). The van der Waals surface area contributed by atoms with Crippen LogP contribution in [0.15, 0.2) is 72.8 Å². The van der Waals surface area contributed by atoms with Crippen molar-refractivity contribution in [1.29, 1.82) is 0 Å². The van der Waals surface area contributed by atoms with E-state index in [9.17, 15) is 4.79 Å². The quantitative estimate of drug-likeness (QED) is 0.649. The monoisotopic (exact) mass is 388 g/mol. The summed E-state index contributed by atoms with van der Waals surface area (Å²) in [5, 5.41) is 8.53. The highest BCUT2D eigenvalue weighted by Gasteiger charge is 2.20. The van der Waals surface area contributed by atoms with Gasteiger partial charge in [0, 0.05) is 26.2 Å². The minimum absolute atomic E-state index is 0.126. The zero-order valence-electron chi connectivity index (χ0n) is 16.3. The smallest absolute Gasteiger partial charge is 0.274 e. The summed E-state index contributed by atoms with van der Waals surface area (Å²) in [4.78, 5) is 17.2. The number of anilines is 1. The van der Waals surface area contributed by atoms with Crippen LogP contribution in [0.5, 0.6) is 0 Å². The molecule has 0 atom stereocenters. The first-order valence-electron chi connectivity index (χ1n) is 9.83. The van der Waals surface area contributed by atoms with Crippen LogP contribution in [-0.2, 0) is 17.8 Å². The molecule has 3 aromatic rings. The third kappa shape index (κ3) is 4.97. The molecule has 6 heteroatoms. The van der Waals surface area contributed by atoms with E-state index in [0.717, 1.165) is 30.0 Å². The van der Waals surface area contributed by atoms with E-state index >= 15 is 0 Å². The zero-order chi connectivity index (χ0) is 19.9. The minimum atomic E-state index is -0.126. The largest absolute Gasteiger partial charge is 0.378 e. The number of aromatic nitrogens is 2. The van der Waals surface area contributed by atoms with Crippen LogP contribution in [0.2, 0.25) is 0 Å². The molecular formula is C23H24N4O2. The van der Waals surface area contributed by atoms with Crippen molar-refractivity contribution in [3.63, 3.8) is 0 Å². The fraction of sp³-hybridized carbons (Fsp3) is 0.261. The molecule has 29 heavy (non-hydrogen) atoms. The molecule has 2 aromatic carbocycles. The van der Waals surface area contributed by atoms with Gasteiger partial charge in [0.15, 0.2) is 11.5 Å². The SMILES string of the molecule is O=C(c1ccc(N2CCOCC2)nn1)N(Cc1ccccc1)Cc1ccccc1. The lowest BCUT2D eigenvalue weighted by atomic mass is 10.1. The van der Waals surface area contributed by atoms with Gasteiger partial charge in [-0.2, -0.15) is 0 Å². The van der Waals surface area contributed by atoms with Crippen LogP contribution in [-0.4, -0.2) is 47.3 Å². The summed E-state index contributed by atoms with van der Waals surface area (Å²) in [5.74, 6) is 0.654. The van der Waals surface area contributed by atoms with Crippen molar-refractivity contribution < 1.29 is 9.53 Å². The summed E-state index contributed by atoms with van der Waals surface area (Å²) >= 11 is 0. The normalized spacial score (nSPS) is 13.9. The summed E-state index contributed by atoms with van der Waals surface area (Å²) in [7, 11) is 0. The van der Waals surface area contributed by atoms with Gasteiger partial charge in [-0.3, -0.25) is 4.79 Å². The highest BCUT2D eigenvalue weighted by Crippen LogP contribution is 2.16. The van der Waals surface area contributed by atoms with Crippen LogP contribution in [0.25, 0.3) is 0 Å². The van der Waals surface area contributed by atoms with Gasteiger partial charge in [0.05, 0.1) is 13.2 Å². The third-order valence-electron chi connectivity index (χ3n) is 4.92. The van der Waals surface area contributed by atoms with Crippen molar-refractivity contribution in [1.82, 2.24) is 15.1 Å². The first kappa shape index (κ1) is 19.1. The molecule has 148 valence electrons. The van der Waals surface area contributed by atoms with Crippen molar-refractivity contribution in [2.45, 2.75) is 13.1 Å². The molecule has 0 saturated carbocycles. The van der Waals surface area contributed by atoms with Gasteiger partial charge in [-0.25, -0.2) is 0 Å². The van der Waals surface area contributed by atoms with Gasteiger partial charge < -0.3 is 14.5 Å². The van der Waals surface area contributed by atoms with Gasteiger partial charge in [0.2, 0.25) is 0 Å². The Morgan fingerprint density at radius 2 is 1.41 bits per heavy atom. The second-order valence-electron chi connectivity index (χ2n) is 7.01. The van der Waals surface area contributed by atoms with E-state index in [1.165, 1.54) is 0 Å². The van der Waals surface area contributed by atoms with E-state index in [1.807, 2.05) is 71.6 Å². The van der Waals surface area contributed by atoms with Crippen LogP contribution in [0.1, 0.15) is 21.6 Å². The molecular weight excluding hydrogens is 364 g/mol. The molecule has 1 aromatic heterocycles. The van der Waals surface area contributed by atoms with E-state index in [0.29, 0.717) is 32.0 Å². The Labute approximate surface area is 170 Å². The molecule has 0 bridgehead atoms. The molecule has 2 heterocycles. The van der Waals surface area contributed by atoms with Crippen molar-refractivity contribution in [3.8, 4) is 0 Å². The van der Waals surface area contributed by atoms with Gasteiger partial charge in [-0.15, -0.1) is 10.2 Å². The van der Waals surface area contributed by atoms with E-state index in [4.69, 9.17) is 4.74 Å². The van der Waals surface area contributed by atoms with E-state index in [1.54, 1.807) is 6.07 Å². The summed E-state index contributed by atoms with van der Waals surface area (Å²) in [6.45, 7) is 3.98. The summed E-state index contributed by atoms with van der Waals surface area (Å²) in [5.41, 5.74) is 2.51. The maximum absolute atomic E-state index is 13.2. The highest BCUT2D eigenvalue weighted by atomic mass is 16.5. The second kappa shape index (κ2) is 9.30.